The van der Waals surface area contributed by atoms with E-state index in [1.165, 1.54) is 42.5 Å². The molecule has 0 saturated heterocycles. The summed E-state index contributed by atoms with van der Waals surface area (Å²) in [5, 5.41) is 13.2. The number of hydrogen-bond acceptors (Lipinski definition) is 4. The fraction of sp³-hybridized carbons (Fsp3) is 0.136. The minimum atomic E-state index is -4.54. The summed E-state index contributed by atoms with van der Waals surface area (Å²) in [5.74, 6) is -1.04. The summed E-state index contributed by atoms with van der Waals surface area (Å²) in [6.07, 6.45) is -4.93. The summed E-state index contributed by atoms with van der Waals surface area (Å²) in [7, 11) is 0. The van der Waals surface area contributed by atoms with Crippen LogP contribution in [-0.2, 0) is 17.4 Å². The number of anilines is 1. The molecule has 0 aliphatic heterocycles. The van der Waals surface area contributed by atoms with Gasteiger partial charge in [-0.05, 0) is 42.3 Å². The van der Waals surface area contributed by atoms with Crippen molar-refractivity contribution in [3.63, 3.8) is 0 Å². The van der Waals surface area contributed by atoms with Crippen molar-refractivity contribution in [2.45, 2.75) is 19.5 Å². The molecule has 1 N–H and O–H groups in total. The van der Waals surface area contributed by atoms with Gasteiger partial charge in [0.2, 0.25) is 5.91 Å². The van der Waals surface area contributed by atoms with Crippen LogP contribution in [0, 0.1) is 22.9 Å². The molecule has 0 fully saturated rings. The lowest BCUT2D eigenvalue weighted by atomic mass is 10.1. The van der Waals surface area contributed by atoms with Gasteiger partial charge in [0.15, 0.2) is 0 Å². The summed E-state index contributed by atoms with van der Waals surface area (Å²) in [6.45, 7) is 1.60. The highest BCUT2D eigenvalue weighted by Gasteiger charge is 2.30. The molecule has 32 heavy (non-hydrogen) atoms. The Kier molecular flexibility index (Phi) is 6.42. The Morgan fingerprint density at radius 3 is 2.50 bits per heavy atom. The molecule has 0 aromatic heterocycles. The maximum absolute atomic E-state index is 14.2. The molecular weight excluding hydrogens is 432 g/mol. The number of carbonyl (C=O) groups is 1. The van der Waals surface area contributed by atoms with Crippen LogP contribution in [0.15, 0.2) is 60.7 Å². The van der Waals surface area contributed by atoms with E-state index in [0.717, 1.165) is 18.2 Å². The molecule has 1 amide bonds. The molecule has 0 bridgehead atoms. The molecule has 3 aromatic rings. The Labute approximate surface area is 179 Å². The number of nitro groups is 1. The van der Waals surface area contributed by atoms with Gasteiger partial charge in [-0.1, -0.05) is 18.2 Å². The van der Waals surface area contributed by atoms with Crippen LogP contribution in [0.5, 0.6) is 11.5 Å². The van der Waals surface area contributed by atoms with Crippen molar-refractivity contribution in [2.24, 2.45) is 0 Å². The molecule has 166 valence electrons. The first-order valence-corrected chi connectivity index (χ1v) is 9.21. The van der Waals surface area contributed by atoms with Crippen molar-refractivity contribution in [3.05, 3.63) is 93.3 Å². The van der Waals surface area contributed by atoms with E-state index in [9.17, 15) is 32.5 Å². The van der Waals surface area contributed by atoms with Crippen LogP contribution >= 0.6 is 0 Å². The SMILES string of the molecule is Cc1cc([N+](=O)[O-])ccc1Oc1ccc(F)c(NC(=O)Cc2cccc(C(F)(F)F)c2)c1. The summed E-state index contributed by atoms with van der Waals surface area (Å²) in [5.41, 5.74) is -0.635. The standard InChI is InChI=1S/C22H16F4N2O4/c1-13-9-16(28(30)31)5-8-20(13)32-17-6-7-18(23)19(12-17)27-21(29)11-14-3-2-4-15(10-14)22(24,25)26/h2-10,12H,11H2,1H3,(H,27,29). The minimum absolute atomic E-state index is 0.114. The number of nitrogens with one attached hydrogen (secondary N) is 1. The number of aryl methyl sites for hydroxylation is 1. The fourth-order valence-electron chi connectivity index (χ4n) is 2.89. The van der Waals surface area contributed by atoms with Gasteiger partial charge in [0.25, 0.3) is 5.69 Å². The summed E-state index contributed by atoms with van der Waals surface area (Å²) in [6, 6.07) is 11.8. The van der Waals surface area contributed by atoms with Crippen LogP contribution in [0.2, 0.25) is 0 Å². The number of halogens is 4. The van der Waals surface area contributed by atoms with Gasteiger partial charge < -0.3 is 10.1 Å². The molecule has 0 aliphatic rings. The van der Waals surface area contributed by atoms with Crippen LogP contribution in [0.3, 0.4) is 0 Å². The number of non-ortho nitro benzene ring substituents is 1. The van der Waals surface area contributed by atoms with E-state index in [1.807, 2.05) is 0 Å². The minimum Gasteiger partial charge on any atom is -0.457 e. The van der Waals surface area contributed by atoms with E-state index in [2.05, 4.69) is 5.32 Å². The van der Waals surface area contributed by atoms with E-state index in [-0.39, 0.29) is 22.7 Å². The monoisotopic (exact) mass is 448 g/mol. The number of nitrogens with zero attached hydrogens (tertiary/aromatic N) is 1. The molecule has 0 saturated carbocycles. The Bertz CT molecular complexity index is 1180. The van der Waals surface area contributed by atoms with Crippen molar-refractivity contribution in [1.29, 1.82) is 0 Å². The molecule has 0 atom stereocenters. The number of ether oxygens (including phenoxy) is 1. The third-order valence-corrected chi connectivity index (χ3v) is 4.43. The topological polar surface area (TPSA) is 81.5 Å². The van der Waals surface area contributed by atoms with Crippen LogP contribution in [0.25, 0.3) is 0 Å². The first-order valence-electron chi connectivity index (χ1n) is 9.21. The molecule has 6 nitrogen and oxygen atoms in total. The number of rotatable bonds is 6. The van der Waals surface area contributed by atoms with Crippen molar-refractivity contribution >= 4 is 17.3 Å². The summed E-state index contributed by atoms with van der Waals surface area (Å²) < 4.78 is 58.2. The van der Waals surface area contributed by atoms with Crippen molar-refractivity contribution < 1.29 is 32.0 Å². The number of hydrogen-bond donors (Lipinski definition) is 1. The second-order valence-electron chi connectivity index (χ2n) is 6.87. The van der Waals surface area contributed by atoms with Gasteiger partial charge >= 0.3 is 6.18 Å². The van der Waals surface area contributed by atoms with Crippen molar-refractivity contribution in [2.75, 3.05) is 5.32 Å². The Morgan fingerprint density at radius 2 is 1.84 bits per heavy atom. The first-order chi connectivity index (χ1) is 15.0. The lowest BCUT2D eigenvalue weighted by molar-refractivity contribution is -0.384. The zero-order chi connectivity index (χ0) is 23.5. The van der Waals surface area contributed by atoms with Gasteiger partial charge in [-0.3, -0.25) is 14.9 Å². The quantitative estimate of drug-likeness (QED) is 0.283. The molecule has 3 aromatic carbocycles. The predicted octanol–water partition coefficient (Wildman–Crippen LogP) is 6.03. The average molecular weight is 448 g/mol. The van der Waals surface area contributed by atoms with Crippen molar-refractivity contribution in [3.8, 4) is 11.5 Å². The summed E-state index contributed by atoms with van der Waals surface area (Å²) in [4.78, 5) is 22.5. The zero-order valence-corrected chi connectivity index (χ0v) is 16.6. The van der Waals surface area contributed by atoms with Crippen LogP contribution in [0.4, 0.5) is 28.9 Å². The highest BCUT2D eigenvalue weighted by molar-refractivity contribution is 5.92. The van der Waals surface area contributed by atoms with E-state index in [4.69, 9.17) is 4.74 Å². The second-order valence-corrected chi connectivity index (χ2v) is 6.87. The number of amides is 1. The Morgan fingerprint density at radius 1 is 1.09 bits per heavy atom. The first kappa shape index (κ1) is 22.7. The maximum atomic E-state index is 14.2. The number of alkyl halides is 3. The van der Waals surface area contributed by atoms with Gasteiger partial charge in [0, 0.05) is 18.2 Å². The van der Waals surface area contributed by atoms with E-state index in [0.29, 0.717) is 11.3 Å². The largest absolute Gasteiger partial charge is 0.457 e. The van der Waals surface area contributed by atoms with E-state index >= 15 is 0 Å². The van der Waals surface area contributed by atoms with Gasteiger partial charge in [0.05, 0.1) is 22.6 Å². The van der Waals surface area contributed by atoms with Gasteiger partial charge in [-0.25, -0.2) is 4.39 Å². The molecule has 0 spiro atoms. The van der Waals surface area contributed by atoms with E-state index in [1.54, 1.807) is 6.92 Å². The lowest BCUT2D eigenvalue weighted by Gasteiger charge is -2.12. The lowest BCUT2D eigenvalue weighted by Crippen LogP contribution is -2.16. The Hall–Kier alpha value is -3.95. The smallest absolute Gasteiger partial charge is 0.416 e. The van der Waals surface area contributed by atoms with Crippen LogP contribution in [0.1, 0.15) is 16.7 Å². The normalized spacial score (nSPS) is 11.2. The van der Waals surface area contributed by atoms with Gasteiger partial charge in [0.1, 0.15) is 17.3 Å². The third kappa shape index (κ3) is 5.60. The maximum Gasteiger partial charge on any atom is 0.416 e. The number of nitro benzene ring substituents is 1. The van der Waals surface area contributed by atoms with Crippen molar-refractivity contribution in [1.82, 2.24) is 0 Å². The van der Waals surface area contributed by atoms with Crippen LogP contribution < -0.4 is 10.1 Å². The highest BCUT2D eigenvalue weighted by atomic mass is 19.4. The molecule has 0 heterocycles. The van der Waals surface area contributed by atoms with E-state index < -0.39 is 34.8 Å². The number of benzene rings is 3. The molecular formula is C22H16F4N2O4. The Balaban J connectivity index is 1.74. The molecule has 0 aliphatic carbocycles. The second kappa shape index (κ2) is 9.04. The fourth-order valence-corrected chi connectivity index (χ4v) is 2.89. The summed E-state index contributed by atoms with van der Waals surface area (Å²) >= 11 is 0. The molecule has 0 radical (unpaired) electrons. The van der Waals surface area contributed by atoms with Gasteiger partial charge in [-0.15, -0.1) is 0 Å². The number of carbonyl (C=O) groups excluding carboxylic acids is 1. The van der Waals surface area contributed by atoms with Crippen LogP contribution in [-0.4, -0.2) is 10.8 Å². The molecule has 0 unspecified atom stereocenters. The highest BCUT2D eigenvalue weighted by Crippen LogP contribution is 2.31. The zero-order valence-electron chi connectivity index (χ0n) is 16.6. The molecule has 3 rings (SSSR count). The predicted molar refractivity (Wildman–Crippen MR) is 108 cm³/mol. The van der Waals surface area contributed by atoms with Gasteiger partial charge in [-0.2, -0.15) is 13.2 Å². The third-order valence-electron chi connectivity index (χ3n) is 4.43. The molecule has 10 heteroatoms. The average Bonchev–Trinajstić information content (AvgIpc) is 2.71.